The van der Waals surface area contributed by atoms with E-state index in [4.69, 9.17) is 0 Å². The molecule has 1 aromatic heterocycles. The summed E-state index contributed by atoms with van der Waals surface area (Å²) in [6, 6.07) is 9.68. The molecule has 0 bridgehead atoms. The number of hydrogen-bond acceptors (Lipinski definition) is 3. The first kappa shape index (κ1) is 19.2. The zero-order valence-electron chi connectivity index (χ0n) is 14.4. The Hall–Kier alpha value is -3.56. The summed E-state index contributed by atoms with van der Waals surface area (Å²) >= 11 is 0. The van der Waals surface area contributed by atoms with Gasteiger partial charge in [0.25, 0.3) is 0 Å². The molecule has 0 aliphatic heterocycles. The molecule has 2 N–H and O–H groups in total. The second kappa shape index (κ2) is 7.59. The minimum atomic E-state index is -4.87. The summed E-state index contributed by atoms with van der Waals surface area (Å²) in [6.07, 6.45) is -3.45. The molecule has 10 heteroatoms. The molecule has 0 atom stereocenters. The van der Waals surface area contributed by atoms with Crippen molar-refractivity contribution in [3.05, 3.63) is 60.5 Å². The van der Waals surface area contributed by atoms with Crippen molar-refractivity contribution in [3.63, 3.8) is 0 Å². The van der Waals surface area contributed by atoms with Gasteiger partial charge in [0, 0.05) is 30.2 Å². The van der Waals surface area contributed by atoms with Crippen LogP contribution in [0.5, 0.6) is 5.75 Å². The van der Waals surface area contributed by atoms with E-state index in [1.165, 1.54) is 53.3 Å². The highest BCUT2D eigenvalue weighted by molar-refractivity contribution is 6.00. The van der Waals surface area contributed by atoms with E-state index in [0.29, 0.717) is 11.4 Å². The molecule has 0 spiro atoms. The minimum Gasteiger partial charge on any atom is -0.405 e. The molecular weight excluding hydrogens is 380 g/mol. The number of alkyl halides is 3. The summed E-state index contributed by atoms with van der Waals surface area (Å²) in [5, 5.41) is 8.93. The predicted octanol–water partition coefficient (Wildman–Crippen LogP) is 4.77. The van der Waals surface area contributed by atoms with Crippen LogP contribution >= 0.6 is 0 Å². The van der Waals surface area contributed by atoms with Gasteiger partial charge in [-0.05, 0) is 48.5 Å². The monoisotopic (exact) mass is 394 g/mol. The molecule has 0 saturated heterocycles. The first-order chi connectivity index (χ1) is 13.2. The first-order valence-corrected chi connectivity index (χ1v) is 7.93. The van der Waals surface area contributed by atoms with Crippen LogP contribution in [-0.2, 0) is 7.05 Å². The Morgan fingerprint density at radius 3 is 2.29 bits per heavy atom. The third-order valence-corrected chi connectivity index (χ3v) is 3.66. The molecule has 2 amide bonds. The van der Waals surface area contributed by atoms with Crippen molar-refractivity contribution in [1.29, 1.82) is 0 Å². The van der Waals surface area contributed by atoms with Gasteiger partial charge in [-0.25, -0.2) is 9.18 Å². The molecule has 6 nitrogen and oxygen atoms in total. The molecule has 28 heavy (non-hydrogen) atoms. The van der Waals surface area contributed by atoms with E-state index in [2.05, 4.69) is 20.5 Å². The van der Waals surface area contributed by atoms with Gasteiger partial charge in [0.15, 0.2) is 0 Å². The number of halogens is 4. The SMILES string of the molecule is Cn1nccc1-c1cc(NC(=O)Nc2ccc(F)cc2)ccc1OC(F)(F)F. The second-order valence-electron chi connectivity index (χ2n) is 5.68. The van der Waals surface area contributed by atoms with Crippen molar-refractivity contribution in [3.8, 4) is 17.0 Å². The summed E-state index contributed by atoms with van der Waals surface area (Å²) in [6.45, 7) is 0. The van der Waals surface area contributed by atoms with Crippen LogP contribution < -0.4 is 15.4 Å². The maximum Gasteiger partial charge on any atom is 0.573 e. The van der Waals surface area contributed by atoms with Crippen LogP contribution in [0.1, 0.15) is 0 Å². The Balaban J connectivity index is 1.84. The van der Waals surface area contributed by atoms with Crippen LogP contribution in [0.2, 0.25) is 0 Å². The normalized spacial score (nSPS) is 11.2. The lowest BCUT2D eigenvalue weighted by molar-refractivity contribution is -0.274. The zero-order valence-corrected chi connectivity index (χ0v) is 14.4. The van der Waals surface area contributed by atoms with Crippen LogP contribution in [0.25, 0.3) is 11.3 Å². The van der Waals surface area contributed by atoms with Crippen LogP contribution in [0.4, 0.5) is 33.7 Å². The number of aromatic nitrogens is 2. The van der Waals surface area contributed by atoms with E-state index in [1.807, 2.05) is 0 Å². The van der Waals surface area contributed by atoms with E-state index >= 15 is 0 Å². The molecule has 2 aromatic carbocycles. The summed E-state index contributed by atoms with van der Waals surface area (Å²) in [4.78, 5) is 12.1. The third-order valence-electron chi connectivity index (χ3n) is 3.66. The van der Waals surface area contributed by atoms with E-state index in [1.54, 1.807) is 7.05 Å². The molecule has 3 aromatic rings. The van der Waals surface area contributed by atoms with E-state index in [-0.39, 0.29) is 11.3 Å². The summed E-state index contributed by atoms with van der Waals surface area (Å²) < 4.78 is 56.4. The van der Waals surface area contributed by atoms with Gasteiger partial charge in [0.2, 0.25) is 0 Å². The van der Waals surface area contributed by atoms with Crippen LogP contribution in [0, 0.1) is 5.82 Å². The number of carbonyl (C=O) groups is 1. The van der Waals surface area contributed by atoms with E-state index < -0.39 is 24.0 Å². The lowest BCUT2D eigenvalue weighted by Crippen LogP contribution is -2.20. The Morgan fingerprint density at radius 1 is 1.04 bits per heavy atom. The number of amides is 2. The fourth-order valence-corrected chi connectivity index (χ4v) is 2.49. The zero-order chi connectivity index (χ0) is 20.3. The van der Waals surface area contributed by atoms with Gasteiger partial charge < -0.3 is 15.4 Å². The van der Waals surface area contributed by atoms with Crippen molar-refractivity contribution < 1.29 is 27.1 Å². The van der Waals surface area contributed by atoms with Gasteiger partial charge >= 0.3 is 12.4 Å². The lowest BCUT2D eigenvalue weighted by Gasteiger charge is -2.15. The molecule has 3 rings (SSSR count). The van der Waals surface area contributed by atoms with Gasteiger partial charge in [-0.3, -0.25) is 4.68 Å². The molecule has 1 heterocycles. The van der Waals surface area contributed by atoms with E-state index in [0.717, 1.165) is 6.07 Å². The lowest BCUT2D eigenvalue weighted by atomic mass is 10.1. The van der Waals surface area contributed by atoms with Crippen molar-refractivity contribution >= 4 is 17.4 Å². The van der Waals surface area contributed by atoms with Gasteiger partial charge in [-0.1, -0.05) is 0 Å². The number of nitrogens with zero attached hydrogens (tertiary/aromatic N) is 2. The predicted molar refractivity (Wildman–Crippen MR) is 94.4 cm³/mol. The number of ether oxygens (including phenoxy) is 1. The number of nitrogens with one attached hydrogen (secondary N) is 2. The Bertz CT molecular complexity index is 984. The highest BCUT2D eigenvalue weighted by atomic mass is 19.4. The van der Waals surface area contributed by atoms with Gasteiger partial charge in [0.05, 0.1) is 5.69 Å². The molecule has 0 radical (unpaired) electrons. The smallest absolute Gasteiger partial charge is 0.405 e. The summed E-state index contributed by atoms with van der Waals surface area (Å²) in [7, 11) is 1.56. The fourth-order valence-electron chi connectivity index (χ4n) is 2.49. The minimum absolute atomic E-state index is 0.0944. The molecule has 0 saturated carbocycles. The quantitative estimate of drug-likeness (QED) is 0.627. The Kier molecular flexibility index (Phi) is 5.21. The fraction of sp³-hybridized carbons (Fsp3) is 0.111. The number of carbonyl (C=O) groups excluding carboxylic acids is 1. The van der Waals surface area contributed by atoms with Crippen LogP contribution in [0.3, 0.4) is 0 Å². The molecule has 0 fully saturated rings. The number of aryl methyl sites for hydroxylation is 1. The van der Waals surface area contributed by atoms with Gasteiger partial charge in [-0.2, -0.15) is 5.10 Å². The Labute approximate surface area is 156 Å². The molecular formula is C18H14F4N4O2. The average Bonchev–Trinajstić information content (AvgIpc) is 3.03. The van der Waals surface area contributed by atoms with E-state index in [9.17, 15) is 22.4 Å². The largest absolute Gasteiger partial charge is 0.573 e. The van der Waals surface area contributed by atoms with Gasteiger partial charge in [-0.15, -0.1) is 13.2 Å². The van der Waals surface area contributed by atoms with Gasteiger partial charge in [0.1, 0.15) is 11.6 Å². The van der Waals surface area contributed by atoms with Crippen LogP contribution in [-0.4, -0.2) is 22.2 Å². The highest BCUT2D eigenvalue weighted by Gasteiger charge is 2.32. The molecule has 0 aliphatic rings. The van der Waals surface area contributed by atoms with Crippen LogP contribution in [0.15, 0.2) is 54.7 Å². The first-order valence-electron chi connectivity index (χ1n) is 7.93. The highest BCUT2D eigenvalue weighted by Crippen LogP contribution is 2.35. The maximum absolute atomic E-state index is 12.9. The standard InChI is InChI=1S/C18H14F4N4O2/c1-26-15(8-9-23-26)14-10-13(6-7-16(14)28-18(20,21)22)25-17(27)24-12-4-2-11(19)3-5-12/h2-10H,1H3,(H2,24,25,27). The summed E-state index contributed by atoms with van der Waals surface area (Å²) in [5.74, 6) is -0.882. The third kappa shape index (κ3) is 4.78. The number of rotatable bonds is 4. The molecule has 0 aliphatic carbocycles. The number of anilines is 2. The summed E-state index contributed by atoms with van der Waals surface area (Å²) in [5.41, 5.74) is 1.03. The van der Waals surface area contributed by atoms with Crippen molar-refractivity contribution in [2.75, 3.05) is 10.6 Å². The van der Waals surface area contributed by atoms with Crippen molar-refractivity contribution in [2.45, 2.75) is 6.36 Å². The topological polar surface area (TPSA) is 68.2 Å². The maximum atomic E-state index is 12.9. The van der Waals surface area contributed by atoms with Crippen molar-refractivity contribution in [1.82, 2.24) is 9.78 Å². The Morgan fingerprint density at radius 2 is 1.68 bits per heavy atom. The average molecular weight is 394 g/mol. The number of hydrogen-bond donors (Lipinski definition) is 2. The van der Waals surface area contributed by atoms with Crippen molar-refractivity contribution in [2.24, 2.45) is 7.05 Å². The number of urea groups is 1. The second-order valence-corrected chi connectivity index (χ2v) is 5.68. The molecule has 146 valence electrons. The number of benzene rings is 2. The molecule has 0 unspecified atom stereocenters.